The predicted molar refractivity (Wildman–Crippen MR) is 65.0 cm³/mol. The molecule has 90 valence electrons. The second-order valence-electron chi connectivity index (χ2n) is 3.88. The lowest BCUT2D eigenvalue weighted by Crippen LogP contribution is -2.08. The zero-order valence-electron chi connectivity index (χ0n) is 9.17. The molecule has 6 heteroatoms. The molecule has 1 N–H and O–H groups in total. The molecule has 0 radical (unpaired) electrons. The van der Waals surface area contributed by atoms with Gasteiger partial charge in [-0.25, -0.2) is 0 Å². The highest BCUT2D eigenvalue weighted by Gasteiger charge is 2.22. The van der Waals surface area contributed by atoms with Gasteiger partial charge in [0.15, 0.2) is 0 Å². The Morgan fingerprint density at radius 2 is 2.12 bits per heavy atom. The summed E-state index contributed by atoms with van der Waals surface area (Å²) in [4.78, 5) is 8.38. The molecule has 17 heavy (non-hydrogen) atoms. The molecule has 2 aromatic heterocycles. The lowest BCUT2D eigenvalue weighted by Gasteiger charge is -1.98. The highest BCUT2D eigenvalue weighted by molar-refractivity contribution is 5.85. The zero-order chi connectivity index (χ0) is 10.8. The van der Waals surface area contributed by atoms with E-state index < -0.39 is 0 Å². The molecule has 0 spiro atoms. The monoisotopic (exact) mass is 252 g/mol. The average molecular weight is 253 g/mol. The van der Waals surface area contributed by atoms with Gasteiger partial charge in [-0.15, -0.1) is 12.4 Å². The van der Waals surface area contributed by atoms with Crippen LogP contribution in [0.3, 0.4) is 0 Å². The maximum atomic E-state index is 5.28. The first-order valence-electron chi connectivity index (χ1n) is 5.38. The van der Waals surface area contributed by atoms with Crippen molar-refractivity contribution in [3.8, 4) is 11.4 Å². The molecular formula is C11H13ClN4O. The average Bonchev–Trinajstić information content (AvgIpc) is 3.01. The molecule has 0 aliphatic carbocycles. The number of hydrogen-bond acceptors (Lipinski definition) is 5. The van der Waals surface area contributed by atoms with Crippen molar-refractivity contribution in [1.82, 2.24) is 20.4 Å². The summed E-state index contributed by atoms with van der Waals surface area (Å²) in [7, 11) is 0. The van der Waals surface area contributed by atoms with Crippen LogP contribution in [0.5, 0.6) is 0 Å². The molecule has 0 amide bonds. The van der Waals surface area contributed by atoms with E-state index in [9.17, 15) is 0 Å². The van der Waals surface area contributed by atoms with E-state index in [1.165, 1.54) is 0 Å². The van der Waals surface area contributed by atoms with Crippen LogP contribution >= 0.6 is 12.4 Å². The smallest absolute Gasteiger partial charge is 0.231 e. The van der Waals surface area contributed by atoms with Gasteiger partial charge in [0, 0.05) is 24.5 Å². The summed E-state index contributed by atoms with van der Waals surface area (Å²) in [5.41, 5.74) is 0.941. The summed E-state index contributed by atoms with van der Waals surface area (Å²) >= 11 is 0. The van der Waals surface area contributed by atoms with E-state index in [0.29, 0.717) is 11.7 Å². The van der Waals surface area contributed by atoms with E-state index >= 15 is 0 Å². The van der Waals surface area contributed by atoms with Crippen LogP contribution in [0.25, 0.3) is 11.4 Å². The second-order valence-corrected chi connectivity index (χ2v) is 3.88. The SMILES string of the molecule is Cl.c1cc(-c2noc(C3CCNC3)n2)ccn1. The van der Waals surface area contributed by atoms with E-state index in [0.717, 1.165) is 31.0 Å². The van der Waals surface area contributed by atoms with Gasteiger partial charge >= 0.3 is 0 Å². The predicted octanol–water partition coefficient (Wildman–Crippen LogP) is 1.63. The Balaban J connectivity index is 0.00000108. The van der Waals surface area contributed by atoms with Crippen LogP contribution < -0.4 is 5.32 Å². The van der Waals surface area contributed by atoms with Gasteiger partial charge in [-0.1, -0.05) is 5.16 Å². The molecule has 3 heterocycles. The van der Waals surface area contributed by atoms with E-state index in [-0.39, 0.29) is 12.4 Å². The first-order valence-corrected chi connectivity index (χ1v) is 5.38. The summed E-state index contributed by atoms with van der Waals surface area (Å²) in [6.45, 7) is 1.95. The van der Waals surface area contributed by atoms with Crippen molar-refractivity contribution in [2.24, 2.45) is 0 Å². The van der Waals surface area contributed by atoms with Gasteiger partial charge in [0.2, 0.25) is 11.7 Å². The molecule has 3 rings (SSSR count). The first kappa shape index (κ1) is 12.0. The Morgan fingerprint density at radius 1 is 1.29 bits per heavy atom. The molecule has 1 aliphatic heterocycles. The molecule has 1 unspecified atom stereocenters. The number of rotatable bonds is 2. The Kier molecular flexibility index (Phi) is 3.71. The standard InChI is InChI=1S/C11H12N4O.ClH/c1-4-12-5-2-8(1)10-14-11(16-15-10)9-3-6-13-7-9;/h1-2,4-5,9,13H,3,6-7H2;1H. The lowest BCUT2D eigenvalue weighted by atomic mass is 10.1. The van der Waals surface area contributed by atoms with Crippen molar-refractivity contribution in [3.05, 3.63) is 30.4 Å². The molecule has 1 atom stereocenters. The van der Waals surface area contributed by atoms with Gasteiger partial charge in [-0.05, 0) is 25.1 Å². The maximum absolute atomic E-state index is 5.28. The summed E-state index contributed by atoms with van der Waals surface area (Å²) < 4.78 is 5.28. The minimum absolute atomic E-state index is 0. The lowest BCUT2D eigenvalue weighted by molar-refractivity contribution is 0.359. The third-order valence-electron chi connectivity index (χ3n) is 2.79. The molecule has 1 aliphatic rings. The van der Waals surface area contributed by atoms with Crippen molar-refractivity contribution in [2.75, 3.05) is 13.1 Å². The van der Waals surface area contributed by atoms with Crippen molar-refractivity contribution >= 4 is 12.4 Å². The van der Waals surface area contributed by atoms with E-state index in [4.69, 9.17) is 4.52 Å². The van der Waals surface area contributed by atoms with Crippen molar-refractivity contribution in [2.45, 2.75) is 12.3 Å². The van der Waals surface area contributed by atoms with Crippen molar-refractivity contribution < 1.29 is 4.52 Å². The number of nitrogens with zero attached hydrogens (tertiary/aromatic N) is 3. The Hall–Kier alpha value is -1.46. The second kappa shape index (κ2) is 5.25. The Bertz CT molecular complexity index is 467. The van der Waals surface area contributed by atoms with Crippen LogP contribution in [0.15, 0.2) is 29.0 Å². The number of nitrogens with one attached hydrogen (secondary N) is 1. The fourth-order valence-corrected chi connectivity index (χ4v) is 1.88. The number of halogens is 1. The minimum atomic E-state index is 0. The molecule has 5 nitrogen and oxygen atoms in total. The third-order valence-corrected chi connectivity index (χ3v) is 2.79. The van der Waals surface area contributed by atoms with E-state index in [1.54, 1.807) is 12.4 Å². The molecule has 1 saturated heterocycles. The molecule has 0 aromatic carbocycles. The Labute approximate surface area is 105 Å². The van der Waals surface area contributed by atoms with Crippen LogP contribution in [0.4, 0.5) is 0 Å². The summed E-state index contributed by atoms with van der Waals surface area (Å²) in [6, 6.07) is 3.75. The van der Waals surface area contributed by atoms with Crippen LogP contribution in [0.1, 0.15) is 18.2 Å². The van der Waals surface area contributed by atoms with E-state index in [2.05, 4.69) is 20.4 Å². The molecular weight excluding hydrogens is 240 g/mol. The van der Waals surface area contributed by atoms with Gasteiger partial charge in [0.05, 0.1) is 5.92 Å². The summed E-state index contributed by atoms with van der Waals surface area (Å²) in [5, 5.41) is 7.27. The van der Waals surface area contributed by atoms with Crippen molar-refractivity contribution in [3.63, 3.8) is 0 Å². The Morgan fingerprint density at radius 3 is 2.82 bits per heavy atom. The van der Waals surface area contributed by atoms with Crippen LogP contribution in [0, 0.1) is 0 Å². The topological polar surface area (TPSA) is 63.8 Å². The van der Waals surface area contributed by atoms with E-state index in [1.807, 2.05) is 12.1 Å². The summed E-state index contributed by atoms with van der Waals surface area (Å²) in [5.74, 6) is 1.74. The maximum Gasteiger partial charge on any atom is 0.231 e. The van der Waals surface area contributed by atoms with Crippen LogP contribution in [-0.4, -0.2) is 28.2 Å². The van der Waals surface area contributed by atoms with Gasteiger partial charge in [0.25, 0.3) is 0 Å². The zero-order valence-corrected chi connectivity index (χ0v) is 9.98. The largest absolute Gasteiger partial charge is 0.339 e. The summed E-state index contributed by atoms with van der Waals surface area (Å²) in [6.07, 6.45) is 4.52. The number of pyridine rings is 1. The molecule has 0 saturated carbocycles. The van der Waals surface area contributed by atoms with Gasteiger partial charge in [0.1, 0.15) is 0 Å². The van der Waals surface area contributed by atoms with Gasteiger partial charge < -0.3 is 9.84 Å². The number of aromatic nitrogens is 3. The number of hydrogen-bond donors (Lipinski definition) is 1. The van der Waals surface area contributed by atoms with Crippen molar-refractivity contribution in [1.29, 1.82) is 0 Å². The van der Waals surface area contributed by atoms with Gasteiger partial charge in [-0.2, -0.15) is 4.98 Å². The van der Waals surface area contributed by atoms with Gasteiger partial charge in [-0.3, -0.25) is 4.98 Å². The molecule has 0 bridgehead atoms. The third kappa shape index (κ3) is 2.45. The quantitative estimate of drug-likeness (QED) is 0.880. The highest BCUT2D eigenvalue weighted by atomic mass is 35.5. The molecule has 1 fully saturated rings. The van der Waals surface area contributed by atoms with Crippen LogP contribution in [-0.2, 0) is 0 Å². The minimum Gasteiger partial charge on any atom is -0.339 e. The molecule has 2 aromatic rings. The normalized spacial score (nSPS) is 18.9. The highest BCUT2D eigenvalue weighted by Crippen LogP contribution is 2.23. The first-order chi connectivity index (χ1) is 7.93. The fraction of sp³-hybridized carbons (Fsp3) is 0.364. The van der Waals surface area contributed by atoms with Crippen LogP contribution in [0.2, 0.25) is 0 Å². The fourth-order valence-electron chi connectivity index (χ4n) is 1.88.